The minimum absolute atomic E-state index is 0.0168. The summed E-state index contributed by atoms with van der Waals surface area (Å²) in [5.41, 5.74) is 0.548. The molecule has 0 saturated heterocycles. The first-order valence-corrected chi connectivity index (χ1v) is 7.24. The average Bonchev–Trinajstić information content (AvgIpc) is 3.35. The molecule has 6 nitrogen and oxygen atoms in total. The fourth-order valence-electron chi connectivity index (χ4n) is 2.22. The number of amides is 1. The van der Waals surface area contributed by atoms with E-state index in [1.807, 2.05) is 0 Å². The Morgan fingerprint density at radius 3 is 2.50 bits per heavy atom. The van der Waals surface area contributed by atoms with Gasteiger partial charge in [-0.1, -0.05) is 6.92 Å². The van der Waals surface area contributed by atoms with E-state index in [9.17, 15) is 9.59 Å². The first kappa shape index (κ1) is 16.1. The van der Waals surface area contributed by atoms with E-state index in [-0.39, 0.29) is 18.4 Å². The summed E-state index contributed by atoms with van der Waals surface area (Å²) in [4.78, 5) is 25.2. The maximum atomic E-state index is 12.6. The summed E-state index contributed by atoms with van der Waals surface area (Å²) in [5, 5.41) is 9.15. The van der Waals surface area contributed by atoms with E-state index in [1.165, 1.54) is 12.0 Å². The standard InChI is InChI=1S/C16H21NO5/c1-10(16(19)20)9-17(15(18)11-4-5-11)13-8-12(21-2)6-7-14(13)22-3/h6-8,10-11H,4-5,9H2,1-3H3,(H,19,20). The number of carbonyl (C=O) groups is 2. The monoisotopic (exact) mass is 307 g/mol. The molecule has 0 heterocycles. The Kier molecular flexibility index (Phi) is 4.90. The van der Waals surface area contributed by atoms with Crippen LogP contribution in [0.1, 0.15) is 19.8 Å². The highest BCUT2D eigenvalue weighted by Crippen LogP contribution is 2.38. The van der Waals surface area contributed by atoms with Crippen molar-refractivity contribution in [1.29, 1.82) is 0 Å². The Balaban J connectivity index is 2.38. The fourth-order valence-corrected chi connectivity index (χ4v) is 2.22. The van der Waals surface area contributed by atoms with Crippen molar-refractivity contribution >= 4 is 17.6 Å². The van der Waals surface area contributed by atoms with Crippen molar-refractivity contribution in [2.24, 2.45) is 11.8 Å². The third-order valence-corrected chi connectivity index (χ3v) is 3.75. The Labute approximate surface area is 129 Å². The molecule has 2 rings (SSSR count). The number of hydrogen-bond donors (Lipinski definition) is 1. The number of anilines is 1. The Bertz CT molecular complexity index is 568. The van der Waals surface area contributed by atoms with Gasteiger partial charge in [-0.2, -0.15) is 0 Å². The number of methoxy groups -OCH3 is 2. The summed E-state index contributed by atoms with van der Waals surface area (Å²) >= 11 is 0. The zero-order valence-corrected chi connectivity index (χ0v) is 13.0. The maximum absolute atomic E-state index is 12.6. The van der Waals surface area contributed by atoms with Crippen molar-refractivity contribution in [3.8, 4) is 11.5 Å². The van der Waals surface area contributed by atoms with Crippen molar-refractivity contribution in [3.63, 3.8) is 0 Å². The van der Waals surface area contributed by atoms with E-state index in [2.05, 4.69) is 0 Å². The molecule has 6 heteroatoms. The molecule has 1 fully saturated rings. The summed E-state index contributed by atoms with van der Waals surface area (Å²) in [7, 11) is 3.06. The number of ether oxygens (including phenoxy) is 2. The zero-order valence-electron chi connectivity index (χ0n) is 13.0. The van der Waals surface area contributed by atoms with Crippen molar-refractivity contribution in [2.45, 2.75) is 19.8 Å². The van der Waals surface area contributed by atoms with E-state index in [1.54, 1.807) is 32.2 Å². The van der Waals surface area contributed by atoms with Gasteiger partial charge in [0, 0.05) is 18.5 Å². The molecular formula is C16H21NO5. The highest BCUT2D eigenvalue weighted by Gasteiger charge is 2.36. The van der Waals surface area contributed by atoms with Gasteiger partial charge in [0.2, 0.25) is 5.91 Å². The summed E-state index contributed by atoms with van der Waals surface area (Å²) in [6.07, 6.45) is 1.70. The van der Waals surface area contributed by atoms with Crippen LogP contribution in [0.5, 0.6) is 11.5 Å². The smallest absolute Gasteiger partial charge is 0.308 e. The number of hydrogen-bond acceptors (Lipinski definition) is 4. The topological polar surface area (TPSA) is 76.1 Å². The molecule has 0 aliphatic heterocycles. The fraction of sp³-hybridized carbons (Fsp3) is 0.500. The summed E-state index contributed by atoms with van der Waals surface area (Å²) in [6.45, 7) is 1.69. The lowest BCUT2D eigenvalue weighted by atomic mass is 10.1. The number of carboxylic acid groups (broad SMARTS) is 1. The maximum Gasteiger partial charge on any atom is 0.308 e. The van der Waals surface area contributed by atoms with Gasteiger partial charge in [0.15, 0.2) is 0 Å². The minimum atomic E-state index is -0.935. The number of rotatable bonds is 7. The molecule has 0 aromatic heterocycles. The van der Waals surface area contributed by atoms with E-state index in [4.69, 9.17) is 14.6 Å². The van der Waals surface area contributed by atoms with Gasteiger partial charge in [-0.3, -0.25) is 9.59 Å². The van der Waals surface area contributed by atoms with E-state index in [0.29, 0.717) is 17.2 Å². The number of benzene rings is 1. The predicted octanol–water partition coefficient (Wildman–Crippen LogP) is 2.17. The number of carbonyl (C=O) groups excluding carboxylic acids is 1. The normalized spacial score (nSPS) is 15.0. The van der Waals surface area contributed by atoms with E-state index >= 15 is 0 Å². The molecule has 1 saturated carbocycles. The second-order valence-electron chi connectivity index (χ2n) is 5.50. The van der Waals surface area contributed by atoms with Crippen LogP contribution in [-0.4, -0.2) is 37.7 Å². The minimum Gasteiger partial charge on any atom is -0.497 e. The molecule has 0 bridgehead atoms. The molecule has 120 valence electrons. The first-order valence-electron chi connectivity index (χ1n) is 7.24. The number of carboxylic acids is 1. The number of aliphatic carboxylic acids is 1. The van der Waals surface area contributed by atoms with Crippen molar-refractivity contribution in [3.05, 3.63) is 18.2 Å². The lowest BCUT2D eigenvalue weighted by Crippen LogP contribution is -2.38. The molecule has 1 unspecified atom stereocenters. The van der Waals surface area contributed by atoms with Crippen LogP contribution >= 0.6 is 0 Å². The predicted molar refractivity (Wildman–Crippen MR) is 81.4 cm³/mol. The van der Waals surface area contributed by atoms with Crippen molar-refractivity contribution in [2.75, 3.05) is 25.7 Å². The van der Waals surface area contributed by atoms with Gasteiger partial charge < -0.3 is 19.5 Å². The molecule has 0 spiro atoms. The largest absolute Gasteiger partial charge is 0.497 e. The third-order valence-electron chi connectivity index (χ3n) is 3.75. The molecule has 22 heavy (non-hydrogen) atoms. The zero-order chi connectivity index (χ0) is 16.3. The average molecular weight is 307 g/mol. The van der Waals surface area contributed by atoms with Gasteiger partial charge in [0.25, 0.3) is 0 Å². The van der Waals surface area contributed by atoms with Crippen LogP contribution in [0.15, 0.2) is 18.2 Å². The molecule has 1 aliphatic rings. The molecular weight excluding hydrogens is 286 g/mol. The van der Waals surface area contributed by atoms with E-state index < -0.39 is 11.9 Å². The number of nitrogens with zero attached hydrogens (tertiary/aromatic N) is 1. The SMILES string of the molecule is COc1ccc(OC)c(N(CC(C)C(=O)O)C(=O)C2CC2)c1. The Morgan fingerprint density at radius 2 is 2.00 bits per heavy atom. The van der Waals surface area contributed by atoms with Crippen LogP contribution in [0.3, 0.4) is 0 Å². The highest BCUT2D eigenvalue weighted by atomic mass is 16.5. The molecule has 1 atom stereocenters. The molecule has 1 N–H and O–H groups in total. The molecule has 0 radical (unpaired) electrons. The first-order chi connectivity index (χ1) is 10.5. The van der Waals surface area contributed by atoms with Crippen LogP contribution in [0.25, 0.3) is 0 Å². The van der Waals surface area contributed by atoms with E-state index in [0.717, 1.165) is 12.8 Å². The summed E-state index contributed by atoms with van der Waals surface area (Å²) in [6, 6.07) is 5.16. The Hall–Kier alpha value is -2.24. The Morgan fingerprint density at radius 1 is 1.32 bits per heavy atom. The van der Waals surface area contributed by atoms with Gasteiger partial charge >= 0.3 is 5.97 Å². The molecule has 1 aliphatic carbocycles. The molecule has 1 amide bonds. The van der Waals surface area contributed by atoms with Gasteiger partial charge in [-0.15, -0.1) is 0 Å². The van der Waals surface area contributed by atoms with Gasteiger partial charge in [-0.05, 0) is 25.0 Å². The van der Waals surface area contributed by atoms with Crippen LogP contribution in [0.4, 0.5) is 5.69 Å². The van der Waals surface area contributed by atoms with Gasteiger partial charge in [-0.25, -0.2) is 0 Å². The summed E-state index contributed by atoms with van der Waals surface area (Å²) < 4.78 is 10.5. The highest BCUT2D eigenvalue weighted by molar-refractivity contribution is 5.98. The van der Waals surface area contributed by atoms with Crippen molar-refractivity contribution in [1.82, 2.24) is 0 Å². The quantitative estimate of drug-likeness (QED) is 0.835. The van der Waals surface area contributed by atoms with Crippen LogP contribution in [-0.2, 0) is 9.59 Å². The van der Waals surface area contributed by atoms with Crippen LogP contribution in [0.2, 0.25) is 0 Å². The van der Waals surface area contributed by atoms with Gasteiger partial charge in [0.1, 0.15) is 11.5 Å². The van der Waals surface area contributed by atoms with Crippen molar-refractivity contribution < 1.29 is 24.2 Å². The third kappa shape index (κ3) is 3.50. The summed E-state index contributed by atoms with van der Waals surface area (Å²) in [5.74, 6) is -0.564. The molecule has 1 aromatic rings. The van der Waals surface area contributed by atoms with Crippen LogP contribution in [0, 0.1) is 11.8 Å². The molecule has 1 aromatic carbocycles. The van der Waals surface area contributed by atoms with Crippen LogP contribution < -0.4 is 14.4 Å². The van der Waals surface area contributed by atoms with Gasteiger partial charge in [0.05, 0.1) is 25.8 Å². The lowest BCUT2D eigenvalue weighted by Gasteiger charge is -2.26. The second kappa shape index (κ2) is 6.68. The second-order valence-corrected chi connectivity index (χ2v) is 5.50. The lowest BCUT2D eigenvalue weighted by molar-refractivity contribution is -0.140.